The zero-order chi connectivity index (χ0) is 17.8. The molecule has 130 valence electrons. The number of nitrogens with zero attached hydrogens (tertiary/aromatic N) is 2. The minimum absolute atomic E-state index is 0.162. The summed E-state index contributed by atoms with van der Waals surface area (Å²) in [5, 5.41) is 19.1. The first-order valence-corrected chi connectivity index (χ1v) is 8.31. The van der Waals surface area contributed by atoms with Crippen LogP contribution in [0.2, 0.25) is 5.22 Å². The van der Waals surface area contributed by atoms with E-state index < -0.39 is 0 Å². The van der Waals surface area contributed by atoms with Crippen molar-refractivity contribution in [1.82, 2.24) is 14.1 Å². The van der Waals surface area contributed by atoms with Gasteiger partial charge in [-0.3, -0.25) is 4.79 Å². The van der Waals surface area contributed by atoms with Gasteiger partial charge < -0.3 is 25.5 Å². The van der Waals surface area contributed by atoms with Crippen LogP contribution in [0, 0.1) is 0 Å². The van der Waals surface area contributed by atoms with E-state index >= 15 is 0 Å². The highest BCUT2D eigenvalue weighted by Crippen LogP contribution is 2.32. The lowest BCUT2D eigenvalue weighted by atomic mass is 10.1. The second kappa shape index (κ2) is 7.41. The quantitative estimate of drug-likeness (QED) is 0.486. The zero-order valence-electron chi connectivity index (χ0n) is 13.0. The Labute approximate surface area is 152 Å². The summed E-state index contributed by atoms with van der Waals surface area (Å²) in [7, 11) is 1.50. The van der Waals surface area contributed by atoms with Gasteiger partial charge in [0.25, 0.3) is 5.91 Å². The van der Waals surface area contributed by atoms with Crippen molar-refractivity contribution < 1.29 is 14.3 Å². The van der Waals surface area contributed by atoms with E-state index in [1.54, 1.807) is 24.3 Å². The molecule has 1 aromatic carbocycles. The maximum Gasteiger partial charge on any atom is 0.254 e. The predicted octanol–water partition coefficient (Wildman–Crippen LogP) is 3.21. The molecular formula is C15H14ClN5O3S. The first-order valence-electron chi connectivity index (χ1n) is 7.20. The summed E-state index contributed by atoms with van der Waals surface area (Å²) >= 11 is 6.74. The number of amides is 1. The Hall–Kier alpha value is -2.78. The van der Waals surface area contributed by atoms with Gasteiger partial charge in [-0.1, -0.05) is 6.07 Å². The molecule has 2 aromatic heterocycles. The Morgan fingerprint density at radius 1 is 1.28 bits per heavy atom. The van der Waals surface area contributed by atoms with Crippen LogP contribution in [0.15, 0.2) is 34.7 Å². The first-order chi connectivity index (χ1) is 12.1. The Bertz CT molecular complexity index is 895. The lowest BCUT2D eigenvalue weighted by Crippen LogP contribution is -2.18. The fraction of sp³-hybridized carbons (Fsp3) is 0.133. The van der Waals surface area contributed by atoms with Gasteiger partial charge in [0.2, 0.25) is 0 Å². The minimum atomic E-state index is -0.384. The van der Waals surface area contributed by atoms with Crippen LogP contribution in [0.1, 0.15) is 16.1 Å². The summed E-state index contributed by atoms with van der Waals surface area (Å²) in [6, 6.07) is 8.22. The fourth-order valence-electron chi connectivity index (χ4n) is 2.09. The molecular weight excluding hydrogens is 366 g/mol. The van der Waals surface area contributed by atoms with Crippen molar-refractivity contribution >= 4 is 46.6 Å². The van der Waals surface area contributed by atoms with Crippen LogP contribution >= 0.6 is 23.3 Å². The zero-order valence-corrected chi connectivity index (χ0v) is 14.6. The highest BCUT2D eigenvalue weighted by Gasteiger charge is 2.16. The Morgan fingerprint density at radius 3 is 2.80 bits per heavy atom. The smallest absolute Gasteiger partial charge is 0.254 e. The number of rotatable bonds is 6. The van der Waals surface area contributed by atoms with E-state index in [2.05, 4.69) is 24.7 Å². The van der Waals surface area contributed by atoms with Crippen molar-refractivity contribution in [1.29, 1.82) is 0 Å². The summed E-state index contributed by atoms with van der Waals surface area (Å²) in [6.45, 7) is 0.372. The number of hydrogen-bond donors (Lipinski definition) is 4. The molecule has 0 unspecified atom stereocenters. The van der Waals surface area contributed by atoms with Gasteiger partial charge in [-0.05, 0) is 35.9 Å². The third-order valence-corrected chi connectivity index (χ3v) is 4.04. The molecule has 0 aliphatic rings. The van der Waals surface area contributed by atoms with Crippen molar-refractivity contribution in [2.75, 3.05) is 17.7 Å². The summed E-state index contributed by atoms with van der Waals surface area (Å²) in [5.74, 6) is 1.01. The molecule has 25 heavy (non-hydrogen) atoms. The Morgan fingerprint density at radius 2 is 2.08 bits per heavy atom. The minimum Gasteiger partial charge on any atom is -0.505 e. The molecule has 0 fully saturated rings. The number of halogens is 1. The number of aromatic nitrogens is 2. The number of anilines is 3. The summed E-state index contributed by atoms with van der Waals surface area (Å²) in [4.78, 5) is 11.8. The van der Waals surface area contributed by atoms with Crippen LogP contribution < -0.4 is 16.0 Å². The van der Waals surface area contributed by atoms with E-state index in [9.17, 15) is 9.90 Å². The number of nitrogens with one attached hydrogen (secondary N) is 3. The molecule has 4 N–H and O–H groups in total. The van der Waals surface area contributed by atoms with Gasteiger partial charge in [0.15, 0.2) is 22.6 Å². The normalized spacial score (nSPS) is 10.5. The van der Waals surface area contributed by atoms with Gasteiger partial charge in [-0.2, -0.15) is 8.75 Å². The average molecular weight is 380 g/mol. The van der Waals surface area contributed by atoms with Gasteiger partial charge in [0.1, 0.15) is 5.76 Å². The number of furan rings is 1. The molecule has 0 radical (unpaired) electrons. The van der Waals surface area contributed by atoms with Crippen molar-refractivity contribution in [3.8, 4) is 5.75 Å². The maximum atomic E-state index is 11.8. The molecule has 2 heterocycles. The van der Waals surface area contributed by atoms with Gasteiger partial charge in [0, 0.05) is 7.05 Å². The standard InChI is InChI=1S/C15H14ClN5O3S/c1-17-15(23)9-3-2-4-10(12(9)22)19-14-13(20-25-21-14)18-7-8-5-6-11(16)24-8/h2-6,22H,7H2,1H3,(H,17,23)(H,18,20)(H,19,21). The number of phenolic OH excluding ortho intramolecular Hbond substituents is 1. The highest BCUT2D eigenvalue weighted by molar-refractivity contribution is 6.99. The second-order valence-electron chi connectivity index (χ2n) is 4.93. The van der Waals surface area contributed by atoms with Gasteiger partial charge in [0.05, 0.1) is 29.5 Å². The van der Waals surface area contributed by atoms with Crippen molar-refractivity contribution in [3.05, 3.63) is 46.9 Å². The summed E-state index contributed by atoms with van der Waals surface area (Å²) in [5.41, 5.74) is 0.508. The molecule has 1 amide bonds. The molecule has 3 aromatic rings. The summed E-state index contributed by atoms with van der Waals surface area (Å²) in [6.07, 6.45) is 0. The van der Waals surface area contributed by atoms with Crippen LogP contribution in [-0.2, 0) is 6.54 Å². The van der Waals surface area contributed by atoms with Crippen molar-refractivity contribution in [3.63, 3.8) is 0 Å². The van der Waals surface area contributed by atoms with Crippen LogP contribution in [-0.4, -0.2) is 26.8 Å². The topological polar surface area (TPSA) is 112 Å². The van der Waals surface area contributed by atoms with Gasteiger partial charge >= 0.3 is 0 Å². The van der Waals surface area contributed by atoms with E-state index in [-0.39, 0.29) is 17.2 Å². The number of benzene rings is 1. The molecule has 0 spiro atoms. The third kappa shape index (κ3) is 3.83. The number of hydrogen-bond acceptors (Lipinski definition) is 8. The van der Waals surface area contributed by atoms with Crippen molar-refractivity contribution in [2.45, 2.75) is 6.54 Å². The molecule has 0 saturated heterocycles. The van der Waals surface area contributed by atoms with Crippen LogP contribution in [0.4, 0.5) is 17.3 Å². The molecule has 3 rings (SSSR count). The fourth-order valence-corrected chi connectivity index (χ4v) is 2.74. The molecule has 0 atom stereocenters. The monoisotopic (exact) mass is 379 g/mol. The van der Waals surface area contributed by atoms with Crippen LogP contribution in [0.5, 0.6) is 5.75 Å². The van der Waals surface area contributed by atoms with E-state index in [1.807, 2.05) is 0 Å². The van der Waals surface area contributed by atoms with E-state index in [0.717, 1.165) is 11.7 Å². The highest BCUT2D eigenvalue weighted by atomic mass is 35.5. The van der Waals surface area contributed by atoms with E-state index in [1.165, 1.54) is 13.1 Å². The molecule has 0 saturated carbocycles. The summed E-state index contributed by atoms with van der Waals surface area (Å²) < 4.78 is 13.6. The molecule has 8 nitrogen and oxygen atoms in total. The maximum absolute atomic E-state index is 11.8. The number of aromatic hydroxyl groups is 1. The molecule has 10 heteroatoms. The number of carbonyl (C=O) groups is 1. The van der Waals surface area contributed by atoms with Gasteiger partial charge in [-0.25, -0.2) is 0 Å². The SMILES string of the molecule is CNC(=O)c1cccc(Nc2nsnc2NCc2ccc(Cl)o2)c1O. The van der Waals surface area contributed by atoms with Crippen LogP contribution in [0.25, 0.3) is 0 Å². The average Bonchev–Trinajstić information content (AvgIpc) is 3.23. The third-order valence-electron chi connectivity index (χ3n) is 3.31. The lowest BCUT2D eigenvalue weighted by molar-refractivity contribution is 0.0960. The van der Waals surface area contributed by atoms with E-state index in [4.69, 9.17) is 16.0 Å². The molecule has 0 aliphatic carbocycles. The molecule has 0 bridgehead atoms. The van der Waals surface area contributed by atoms with E-state index in [0.29, 0.717) is 34.8 Å². The largest absolute Gasteiger partial charge is 0.505 e. The Kier molecular flexibility index (Phi) is 5.05. The number of phenols is 1. The van der Waals surface area contributed by atoms with Crippen LogP contribution in [0.3, 0.4) is 0 Å². The Balaban J connectivity index is 1.76. The molecule has 0 aliphatic heterocycles. The van der Waals surface area contributed by atoms with Gasteiger partial charge in [-0.15, -0.1) is 0 Å². The number of carbonyl (C=O) groups excluding carboxylic acids is 1. The first kappa shape index (κ1) is 17.1. The predicted molar refractivity (Wildman–Crippen MR) is 95.7 cm³/mol. The number of para-hydroxylation sites is 1. The second-order valence-corrected chi connectivity index (χ2v) is 5.83. The van der Waals surface area contributed by atoms with Crippen molar-refractivity contribution in [2.24, 2.45) is 0 Å². The lowest BCUT2D eigenvalue weighted by Gasteiger charge is -2.10.